The number of H-pyrrole nitrogens is 1. The summed E-state index contributed by atoms with van der Waals surface area (Å²) < 4.78 is 5.36. The summed E-state index contributed by atoms with van der Waals surface area (Å²) >= 11 is 0. The number of nitrogens with zero attached hydrogens (tertiary/aromatic N) is 2. The highest BCUT2D eigenvalue weighted by molar-refractivity contribution is 6.07. The van der Waals surface area contributed by atoms with E-state index in [1.165, 1.54) is 0 Å². The van der Waals surface area contributed by atoms with Crippen molar-refractivity contribution in [1.29, 1.82) is 0 Å². The zero-order valence-electron chi connectivity index (χ0n) is 12.4. The van der Waals surface area contributed by atoms with Crippen LogP contribution in [0.25, 0.3) is 11.0 Å². The molecule has 0 saturated carbocycles. The molecule has 2 aromatic heterocycles. The third kappa shape index (κ3) is 2.76. The van der Waals surface area contributed by atoms with Gasteiger partial charge < -0.3 is 10.1 Å². The van der Waals surface area contributed by atoms with Gasteiger partial charge in [0.15, 0.2) is 11.5 Å². The fourth-order valence-electron chi connectivity index (χ4n) is 2.15. The Bertz CT molecular complexity index is 809. The minimum Gasteiger partial charge on any atom is -0.494 e. The number of rotatable bonds is 4. The van der Waals surface area contributed by atoms with Crippen molar-refractivity contribution in [2.24, 2.45) is 0 Å². The van der Waals surface area contributed by atoms with Gasteiger partial charge in [0.2, 0.25) is 0 Å². The van der Waals surface area contributed by atoms with Crippen LogP contribution >= 0.6 is 0 Å². The third-order valence-corrected chi connectivity index (χ3v) is 3.22. The highest BCUT2D eigenvalue weighted by Crippen LogP contribution is 2.20. The van der Waals surface area contributed by atoms with E-state index in [0.717, 1.165) is 16.8 Å². The van der Waals surface area contributed by atoms with E-state index in [0.29, 0.717) is 23.6 Å². The smallest absolute Gasteiger partial charge is 0.256 e. The lowest BCUT2D eigenvalue weighted by Crippen LogP contribution is -2.12. The number of aromatic amines is 1. The van der Waals surface area contributed by atoms with Crippen molar-refractivity contribution in [1.82, 2.24) is 15.2 Å². The maximum atomic E-state index is 12.3. The second-order valence-corrected chi connectivity index (χ2v) is 4.83. The number of hydrogen-bond acceptors (Lipinski definition) is 4. The van der Waals surface area contributed by atoms with Crippen molar-refractivity contribution in [3.05, 3.63) is 47.7 Å². The van der Waals surface area contributed by atoms with Crippen molar-refractivity contribution in [2.45, 2.75) is 13.8 Å². The van der Waals surface area contributed by atoms with E-state index < -0.39 is 0 Å². The summed E-state index contributed by atoms with van der Waals surface area (Å²) in [6.45, 7) is 4.41. The number of aryl methyl sites for hydroxylation is 1. The SMILES string of the molecule is CCOc1ccc(C(=O)Nc2n[nH]c3nc(C)ccc23)cc1. The number of ether oxygens (including phenoxy) is 1. The Labute approximate surface area is 127 Å². The number of carbonyl (C=O) groups excluding carboxylic acids is 1. The fraction of sp³-hybridized carbons (Fsp3) is 0.188. The monoisotopic (exact) mass is 296 g/mol. The standard InChI is InChI=1S/C16H16N4O2/c1-3-22-12-7-5-11(6-8-12)16(21)18-15-13-9-4-10(2)17-14(13)19-20-15/h4-9H,3H2,1-2H3,(H2,17,18,19,20,21). The second-order valence-electron chi connectivity index (χ2n) is 4.83. The van der Waals surface area contributed by atoms with Gasteiger partial charge in [-0.05, 0) is 50.2 Å². The van der Waals surface area contributed by atoms with Crippen LogP contribution in [0.15, 0.2) is 36.4 Å². The number of carbonyl (C=O) groups is 1. The summed E-state index contributed by atoms with van der Waals surface area (Å²) in [5.74, 6) is 0.988. The third-order valence-electron chi connectivity index (χ3n) is 3.22. The summed E-state index contributed by atoms with van der Waals surface area (Å²) in [6, 6.07) is 10.7. The minimum absolute atomic E-state index is 0.225. The molecule has 6 nitrogen and oxygen atoms in total. The minimum atomic E-state index is -0.225. The summed E-state index contributed by atoms with van der Waals surface area (Å²) in [4.78, 5) is 16.6. The molecule has 2 N–H and O–H groups in total. The molecule has 1 aromatic carbocycles. The van der Waals surface area contributed by atoms with Crippen LogP contribution in [-0.2, 0) is 0 Å². The van der Waals surface area contributed by atoms with Gasteiger partial charge in [0.25, 0.3) is 5.91 Å². The van der Waals surface area contributed by atoms with Gasteiger partial charge in [0.05, 0.1) is 12.0 Å². The summed E-state index contributed by atoms with van der Waals surface area (Å²) in [5, 5.41) is 10.5. The first kappa shape index (κ1) is 14.1. The van der Waals surface area contributed by atoms with Crippen molar-refractivity contribution >= 4 is 22.8 Å². The van der Waals surface area contributed by atoms with Crippen LogP contribution in [0.3, 0.4) is 0 Å². The molecule has 0 aliphatic rings. The van der Waals surface area contributed by atoms with Crippen molar-refractivity contribution in [3.8, 4) is 5.75 Å². The number of benzene rings is 1. The van der Waals surface area contributed by atoms with Gasteiger partial charge in [-0.15, -0.1) is 0 Å². The highest BCUT2D eigenvalue weighted by atomic mass is 16.5. The number of nitrogens with one attached hydrogen (secondary N) is 2. The molecule has 0 atom stereocenters. The van der Waals surface area contributed by atoms with E-state index in [1.54, 1.807) is 24.3 Å². The Morgan fingerprint density at radius 2 is 2.00 bits per heavy atom. The Balaban J connectivity index is 1.80. The number of anilines is 1. The first-order valence-electron chi connectivity index (χ1n) is 7.03. The molecule has 6 heteroatoms. The largest absolute Gasteiger partial charge is 0.494 e. The Hall–Kier alpha value is -2.89. The number of aromatic nitrogens is 3. The molecular formula is C16H16N4O2. The Morgan fingerprint density at radius 3 is 2.73 bits per heavy atom. The van der Waals surface area contributed by atoms with Crippen LogP contribution in [0.5, 0.6) is 5.75 Å². The molecule has 0 radical (unpaired) electrons. The lowest BCUT2D eigenvalue weighted by atomic mass is 10.2. The molecule has 2 heterocycles. The first-order chi connectivity index (χ1) is 10.7. The van der Waals surface area contributed by atoms with Gasteiger partial charge in [-0.3, -0.25) is 9.89 Å². The van der Waals surface area contributed by atoms with Crippen LogP contribution in [0, 0.1) is 6.92 Å². The fourth-order valence-corrected chi connectivity index (χ4v) is 2.15. The number of hydrogen-bond donors (Lipinski definition) is 2. The van der Waals surface area contributed by atoms with Crippen molar-refractivity contribution in [2.75, 3.05) is 11.9 Å². The molecule has 0 aliphatic heterocycles. The molecule has 22 heavy (non-hydrogen) atoms. The van der Waals surface area contributed by atoms with E-state index in [-0.39, 0.29) is 5.91 Å². The molecule has 0 saturated heterocycles. The molecule has 3 aromatic rings. The van der Waals surface area contributed by atoms with E-state index >= 15 is 0 Å². The maximum absolute atomic E-state index is 12.3. The molecule has 0 unspecified atom stereocenters. The van der Waals surface area contributed by atoms with Crippen LogP contribution in [0.2, 0.25) is 0 Å². The van der Waals surface area contributed by atoms with Crippen LogP contribution in [-0.4, -0.2) is 27.7 Å². The maximum Gasteiger partial charge on any atom is 0.256 e. The summed E-state index contributed by atoms with van der Waals surface area (Å²) in [6.07, 6.45) is 0. The summed E-state index contributed by atoms with van der Waals surface area (Å²) in [5.41, 5.74) is 2.09. The molecule has 0 fully saturated rings. The zero-order chi connectivity index (χ0) is 15.5. The molecule has 0 spiro atoms. The van der Waals surface area contributed by atoms with Crippen molar-refractivity contribution < 1.29 is 9.53 Å². The van der Waals surface area contributed by atoms with Gasteiger partial charge >= 0.3 is 0 Å². The van der Waals surface area contributed by atoms with Crippen molar-refractivity contribution in [3.63, 3.8) is 0 Å². The van der Waals surface area contributed by atoms with Gasteiger partial charge in [0.1, 0.15) is 5.75 Å². The topological polar surface area (TPSA) is 79.9 Å². The molecular weight excluding hydrogens is 280 g/mol. The van der Waals surface area contributed by atoms with Crippen LogP contribution in [0.1, 0.15) is 23.0 Å². The number of fused-ring (bicyclic) bond motifs is 1. The quantitative estimate of drug-likeness (QED) is 0.775. The Morgan fingerprint density at radius 1 is 1.23 bits per heavy atom. The zero-order valence-corrected chi connectivity index (χ0v) is 12.4. The van der Waals surface area contributed by atoms with Crippen LogP contribution < -0.4 is 10.1 Å². The molecule has 0 aliphatic carbocycles. The second kappa shape index (κ2) is 5.85. The van der Waals surface area contributed by atoms with E-state index in [2.05, 4.69) is 20.5 Å². The van der Waals surface area contributed by atoms with Gasteiger partial charge in [-0.1, -0.05) is 0 Å². The number of amides is 1. The van der Waals surface area contributed by atoms with Gasteiger partial charge in [-0.25, -0.2) is 4.98 Å². The molecule has 3 rings (SSSR count). The molecule has 112 valence electrons. The molecule has 1 amide bonds. The highest BCUT2D eigenvalue weighted by Gasteiger charge is 2.12. The van der Waals surface area contributed by atoms with E-state index in [9.17, 15) is 4.79 Å². The van der Waals surface area contributed by atoms with E-state index in [1.807, 2.05) is 26.0 Å². The predicted octanol–water partition coefficient (Wildman–Crippen LogP) is 2.92. The first-order valence-corrected chi connectivity index (χ1v) is 7.03. The number of pyridine rings is 1. The lowest BCUT2D eigenvalue weighted by molar-refractivity contribution is 0.102. The van der Waals surface area contributed by atoms with Gasteiger partial charge in [0, 0.05) is 11.3 Å². The van der Waals surface area contributed by atoms with Gasteiger partial charge in [-0.2, -0.15) is 5.10 Å². The van der Waals surface area contributed by atoms with Crippen LogP contribution in [0.4, 0.5) is 5.82 Å². The Kier molecular flexibility index (Phi) is 3.74. The lowest BCUT2D eigenvalue weighted by Gasteiger charge is -2.05. The molecule has 0 bridgehead atoms. The average Bonchev–Trinajstić information content (AvgIpc) is 2.90. The average molecular weight is 296 g/mol. The normalized spacial score (nSPS) is 10.6. The predicted molar refractivity (Wildman–Crippen MR) is 84.2 cm³/mol. The van der Waals surface area contributed by atoms with E-state index in [4.69, 9.17) is 4.74 Å². The summed E-state index contributed by atoms with van der Waals surface area (Å²) in [7, 11) is 0.